The van der Waals surface area contributed by atoms with Crippen molar-refractivity contribution < 1.29 is 0 Å². The highest BCUT2D eigenvalue weighted by Gasteiger charge is 2.19. The summed E-state index contributed by atoms with van der Waals surface area (Å²) in [7, 11) is 1.95. The summed E-state index contributed by atoms with van der Waals surface area (Å²) in [6.45, 7) is 6.44. The molecule has 1 aliphatic heterocycles. The predicted octanol–water partition coefficient (Wildman–Crippen LogP) is 0.389. The summed E-state index contributed by atoms with van der Waals surface area (Å²) < 4.78 is 1.86. The lowest BCUT2D eigenvalue weighted by Crippen LogP contribution is -2.45. The van der Waals surface area contributed by atoms with Crippen molar-refractivity contribution in [3.8, 4) is 0 Å². The van der Waals surface area contributed by atoms with Crippen LogP contribution in [0.1, 0.15) is 25.6 Å². The van der Waals surface area contributed by atoms with Gasteiger partial charge in [-0.3, -0.25) is 9.58 Å². The van der Waals surface area contributed by atoms with E-state index >= 15 is 0 Å². The third-order valence-electron chi connectivity index (χ3n) is 3.17. The molecule has 0 aromatic carbocycles. The van der Waals surface area contributed by atoms with Crippen LogP contribution in [0.4, 0.5) is 0 Å². The number of piperidine rings is 1. The lowest BCUT2D eigenvalue weighted by molar-refractivity contribution is 0.179. The zero-order valence-electron chi connectivity index (χ0n) is 10.2. The summed E-state index contributed by atoms with van der Waals surface area (Å²) >= 11 is 0. The van der Waals surface area contributed by atoms with Crippen LogP contribution < -0.4 is 5.32 Å². The smallest absolute Gasteiger partial charge is 0.140 e. The van der Waals surface area contributed by atoms with Gasteiger partial charge in [0.1, 0.15) is 12.2 Å². The maximum atomic E-state index is 4.27. The van der Waals surface area contributed by atoms with E-state index in [0.717, 1.165) is 25.5 Å². The van der Waals surface area contributed by atoms with Crippen LogP contribution in [0.15, 0.2) is 6.33 Å². The lowest BCUT2D eigenvalue weighted by Gasteiger charge is -2.32. The van der Waals surface area contributed by atoms with Gasteiger partial charge in [-0.05, 0) is 25.9 Å². The average molecular weight is 223 g/mol. The number of rotatable bonds is 4. The monoisotopic (exact) mass is 223 g/mol. The molecule has 1 aromatic heterocycles. The van der Waals surface area contributed by atoms with Crippen LogP contribution in [-0.2, 0) is 13.6 Å². The van der Waals surface area contributed by atoms with Crippen LogP contribution in [0.3, 0.4) is 0 Å². The summed E-state index contributed by atoms with van der Waals surface area (Å²) in [6.07, 6.45) is 4.19. The second kappa shape index (κ2) is 5.41. The molecule has 1 N–H and O–H groups in total. The van der Waals surface area contributed by atoms with E-state index in [0.29, 0.717) is 6.04 Å². The number of hydrogen-bond acceptors (Lipinski definition) is 4. The molecule has 1 aliphatic rings. The Morgan fingerprint density at radius 1 is 1.56 bits per heavy atom. The van der Waals surface area contributed by atoms with Crippen LogP contribution in [0.5, 0.6) is 0 Å². The van der Waals surface area contributed by atoms with Gasteiger partial charge in [-0.25, -0.2) is 4.98 Å². The van der Waals surface area contributed by atoms with Crippen molar-refractivity contribution in [2.75, 3.05) is 19.6 Å². The number of aromatic nitrogens is 3. The Bertz CT molecular complexity index is 320. The van der Waals surface area contributed by atoms with E-state index in [1.54, 1.807) is 6.33 Å². The lowest BCUT2D eigenvalue weighted by atomic mass is 10.1. The first kappa shape index (κ1) is 11.5. The SMILES string of the molecule is CCNC1CCCN(Cc2ncnn2C)C1. The van der Waals surface area contributed by atoms with Crippen LogP contribution in [0.25, 0.3) is 0 Å². The minimum atomic E-state index is 0.645. The molecule has 2 rings (SSSR count). The van der Waals surface area contributed by atoms with E-state index in [9.17, 15) is 0 Å². The normalized spacial score (nSPS) is 22.5. The highest BCUT2D eigenvalue weighted by Crippen LogP contribution is 2.12. The van der Waals surface area contributed by atoms with Gasteiger partial charge in [0, 0.05) is 19.6 Å². The van der Waals surface area contributed by atoms with Gasteiger partial charge in [-0.15, -0.1) is 0 Å². The third-order valence-corrected chi connectivity index (χ3v) is 3.17. The third kappa shape index (κ3) is 2.80. The molecule has 1 aromatic rings. The number of nitrogens with one attached hydrogen (secondary N) is 1. The summed E-state index contributed by atoms with van der Waals surface area (Å²) in [6, 6.07) is 0.645. The standard InChI is InChI=1S/C11H21N5/c1-3-12-10-5-4-6-16(7-10)8-11-13-9-14-15(11)2/h9-10,12H,3-8H2,1-2H3. The number of likely N-dealkylation sites (N-methyl/N-ethyl adjacent to an activating group) is 1. The topological polar surface area (TPSA) is 46.0 Å². The van der Waals surface area contributed by atoms with Gasteiger partial charge in [0.05, 0.1) is 6.54 Å². The van der Waals surface area contributed by atoms with Crippen molar-refractivity contribution >= 4 is 0 Å². The molecule has 1 saturated heterocycles. The first-order chi connectivity index (χ1) is 7.79. The van der Waals surface area contributed by atoms with Gasteiger partial charge in [0.2, 0.25) is 0 Å². The largest absolute Gasteiger partial charge is 0.313 e. The maximum absolute atomic E-state index is 4.27. The Kier molecular flexibility index (Phi) is 3.90. The van der Waals surface area contributed by atoms with Crippen molar-refractivity contribution in [3.05, 3.63) is 12.2 Å². The molecule has 0 bridgehead atoms. The van der Waals surface area contributed by atoms with E-state index in [2.05, 4.69) is 27.2 Å². The Hall–Kier alpha value is -0.940. The minimum Gasteiger partial charge on any atom is -0.313 e. The predicted molar refractivity (Wildman–Crippen MR) is 63.0 cm³/mol. The molecule has 5 nitrogen and oxygen atoms in total. The van der Waals surface area contributed by atoms with Crippen LogP contribution >= 0.6 is 0 Å². The minimum absolute atomic E-state index is 0.645. The highest BCUT2D eigenvalue weighted by atomic mass is 15.3. The summed E-state index contributed by atoms with van der Waals surface area (Å²) in [5.41, 5.74) is 0. The van der Waals surface area contributed by atoms with Crippen LogP contribution in [0, 0.1) is 0 Å². The second-order valence-corrected chi connectivity index (χ2v) is 4.43. The molecule has 1 atom stereocenters. The van der Waals surface area contributed by atoms with Crippen LogP contribution in [-0.4, -0.2) is 45.3 Å². The quantitative estimate of drug-likeness (QED) is 0.802. The number of aryl methyl sites for hydroxylation is 1. The summed E-state index contributed by atoms with van der Waals surface area (Å²) in [5, 5.41) is 7.62. The van der Waals surface area contributed by atoms with Crippen molar-refractivity contribution in [3.63, 3.8) is 0 Å². The zero-order chi connectivity index (χ0) is 11.4. The molecule has 0 radical (unpaired) electrons. The van der Waals surface area contributed by atoms with Gasteiger partial charge in [-0.2, -0.15) is 5.10 Å². The first-order valence-electron chi connectivity index (χ1n) is 6.08. The van der Waals surface area contributed by atoms with Gasteiger partial charge in [-0.1, -0.05) is 6.92 Å². The number of likely N-dealkylation sites (tertiary alicyclic amines) is 1. The van der Waals surface area contributed by atoms with Crippen molar-refractivity contribution in [2.24, 2.45) is 7.05 Å². The van der Waals surface area contributed by atoms with E-state index in [1.165, 1.54) is 19.4 Å². The Morgan fingerprint density at radius 3 is 3.12 bits per heavy atom. The molecule has 0 aliphatic carbocycles. The maximum Gasteiger partial charge on any atom is 0.140 e. The molecule has 0 saturated carbocycles. The van der Waals surface area contributed by atoms with E-state index in [4.69, 9.17) is 0 Å². The van der Waals surface area contributed by atoms with Gasteiger partial charge in [0.25, 0.3) is 0 Å². The number of nitrogens with zero attached hydrogens (tertiary/aromatic N) is 4. The molecule has 16 heavy (non-hydrogen) atoms. The molecule has 1 fully saturated rings. The van der Waals surface area contributed by atoms with Crippen molar-refractivity contribution in [1.82, 2.24) is 25.0 Å². The second-order valence-electron chi connectivity index (χ2n) is 4.43. The van der Waals surface area contributed by atoms with Gasteiger partial charge < -0.3 is 5.32 Å². The van der Waals surface area contributed by atoms with Gasteiger partial charge >= 0.3 is 0 Å². The molecule has 90 valence electrons. The molecule has 2 heterocycles. The Labute approximate surface area is 96.8 Å². The molecular formula is C11H21N5. The molecule has 1 unspecified atom stereocenters. The number of hydrogen-bond donors (Lipinski definition) is 1. The Morgan fingerprint density at radius 2 is 2.44 bits per heavy atom. The highest BCUT2D eigenvalue weighted by molar-refractivity contribution is 4.86. The van der Waals surface area contributed by atoms with E-state index in [1.807, 2.05) is 11.7 Å². The first-order valence-corrected chi connectivity index (χ1v) is 6.08. The van der Waals surface area contributed by atoms with Crippen LogP contribution in [0.2, 0.25) is 0 Å². The molecule has 0 spiro atoms. The molecule has 5 heteroatoms. The average Bonchev–Trinajstić information content (AvgIpc) is 2.66. The zero-order valence-corrected chi connectivity index (χ0v) is 10.2. The van der Waals surface area contributed by atoms with Crippen molar-refractivity contribution in [2.45, 2.75) is 32.4 Å². The molecular weight excluding hydrogens is 202 g/mol. The van der Waals surface area contributed by atoms with E-state index in [-0.39, 0.29) is 0 Å². The van der Waals surface area contributed by atoms with Gasteiger partial charge in [0.15, 0.2) is 0 Å². The summed E-state index contributed by atoms with van der Waals surface area (Å²) in [4.78, 5) is 6.73. The fourth-order valence-corrected chi connectivity index (χ4v) is 2.32. The molecule has 0 amide bonds. The fraction of sp³-hybridized carbons (Fsp3) is 0.818. The fourth-order valence-electron chi connectivity index (χ4n) is 2.32. The van der Waals surface area contributed by atoms with Crippen molar-refractivity contribution in [1.29, 1.82) is 0 Å². The van der Waals surface area contributed by atoms with E-state index < -0.39 is 0 Å². The summed E-state index contributed by atoms with van der Waals surface area (Å²) in [5.74, 6) is 1.05. The Balaban J connectivity index is 1.88.